The second kappa shape index (κ2) is 5.30. The lowest BCUT2D eigenvalue weighted by Crippen LogP contribution is -1.98. The maximum atomic E-state index is 10.4. The van der Waals surface area contributed by atoms with Crippen LogP contribution in [0.2, 0.25) is 0 Å². The van der Waals surface area contributed by atoms with Crippen molar-refractivity contribution >= 4 is 0 Å². The zero-order chi connectivity index (χ0) is 14.9. The molecule has 0 saturated heterocycles. The van der Waals surface area contributed by atoms with E-state index >= 15 is 0 Å². The predicted octanol–water partition coefficient (Wildman–Crippen LogP) is 4.14. The first-order chi connectivity index (χ1) is 10.8. The Morgan fingerprint density at radius 3 is 2.41 bits per heavy atom. The van der Waals surface area contributed by atoms with E-state index in [2.05, 4.69) is 35.3 Å². The minimum atomic E-state index is 0.323. The van der Waals surface area contributed by atoms with Gasteiger partial charge in [0.2, 0.25) is 0 Å². The zero-order valence-corrected chi connectivity index (χ0v) is 12.3. The third kappa shape index (κ3) is 2.17. The monoisotopic (exact) mass is 287 g/mol. The van der Waals surface area contributed by atoms with Crippen LogP contribution in [0, 0.1) is 0 Å². The molecule has 2 aromatic carbocycles. The summed E-state index contributed by atoms with van der Waals surface area (Å²) in [5, 5.41) is 10.4. The molecule has 108 valence electrons. The van der Waals surface area contributed by atoms with Crippen molar-refractivity contribution in [1.82, 2.24) is 4.98 Å². The van der Waals surface area contributed by atoms with Crippen LogP contribution in [0.5, 0.6) is 5.75 Å². The standard InChI is InChI=1S/C20H17NO/c22-19-11-9-16-13-15-6-2-1-5-14(15)8-10-17(16)20(19)18-7-3-4-12-21-18/h1-7,9,11-12,22H,8,10,13H2. The molecule has 3 aromatic rings. The van der Waals surface area contributed by atoms with Crippen molar-refractivity contribution in [3.63, 3.8) is 0 Å². The maximum Gasteiger partial charge on any atom is 0.125 e. The number of hydrogen-bond acceptors (Lipinski definition) is 2. The smallest absolute Gasteiger partial charge is 0.125 e. The second-order valence-electron chi connectivity index (χ2n) is 5.76. The number of aromatic nitrogens is 1. The summed E-state index contributed by atoms with van der Waals surface area (Å²) in [7, 11) is 0. The molecule has 2 nitrogen and oxygen atoms in total. The third-order valence-electron chi connectivity index (χ3n) is 4.45. The molecule has 0 aliphatic heterocycles. The largest absolute Gasteiger partial charge is 0.507 e. The van der Waals surface area contributed by atoms with Crippen LogP contribution >= 0.6 is 0 Å². The number of aryl methyl sites for hydroxylation is 1. The van der Waals surface area contributed by atoms with Gasteiger partial charge in [-0.1, -0.05) is 36.4 Å². The highest BCUT2D eigenvalue weighted by Crippen LogP contribution is 2.37. The highest BCUT2D eigenvalue weighted by molar-refractivity contribution is 5.73. The highest BCUT2D eigenvalue weighted by Gasteiger charge is 2.19. The molecule has 0 unspecified atom stereocenters. The first-order valence-electron chi connectivity index (χ1n) is 7.65. The van der Waals surface area contributed by atoms with Crippen LogP contribution in [0.3, 0.4) is 0 Å². The Bertz CT molecular complexity index is 824. The Labute approximate surface area is 130 Å². The fraction of sp³-hybridized carbons (Fsp3) is 0.150. The van der Waals surface area contributed by atoms with Crippen LogP contribution in [0.1, 0.15) is 22.3 Å². The molecule has 1 aromatic heterocycles. The molecule has 1 heterocycles. The number of aromatic hydroxyl groups is 1. The molecule has 1 aliphatic rings. The van der Waals surface area contributed by atoms with Crippen LogP contribution < -0.4 is 0 Å². The number of phenolic OH excluding ortho intramolecular Hbond substituents is 1. The summed E-state index contributed by atoms with van der Waals surface area (Å²) in [5.74, 6) is 0.323. The summed E-state index contributed by atoms with van der Waals surface area (Å²) in [5.41, 5.74) is 7.07. The zero-order valence-electron chi connectivity index (χ0n) is 12.3. The van der Waals surface area contributed by atoms with Crippen molar-refractivity contribution in [3.05, 3.63) is 83.0 Å². The highest BCUT2D eigenvalue weighted by atomic mass is 16.3. The molecule has 4 rings (SSSR count). The van der Waals surface area contributed by atoms with Crippen molar-refractivity contribution in [2.45, 2.75) is 19.3 Å². The molecule has 0 saturated carbocycles. The van der Waals surface area contributed by atoms with Gasteiger partial charge in [0.05, 0.1) is 5.69 Å². The lowest BCUT2D eigenvalue weighted by molar-refractivity contribution is 0.476. The van der Waals surface area contributed by atoms with Gasteiger partial charge in [-0.05, 0) is 59.7 Å². The van der Waals surface area contributed by atoms with Gasteiger partial charge in [0.15, 0.2) is 0 Å². The van der Waals surface area contributed by atoms with Crippen molar-refractivity contribution in [1.29, 1.82) is 0 Å². The van der Waals surface area contributed by atoms with Crippen LogP contribution in [-0.4, -0.2) is 10.1 Å². The molecule has 22 heavy (non-hydrogen) atoms. The van der Waals surface area contributed by atoms with Crippen molar-refractivity contribution in [3.8, 4) is 17.0 Å². The van der Waals surface area contributed by atoms with Gasteiger partial charge >= 0.3 is 0 Å². The summed E-state index contributed by atoms with van der Waals surface area (Å²) in [6, 6.07) is 18.3. The van der Waals surface area contributed by atoms with Gasteiger partial charge in [0.25, 0.3) is 0 Å². The Morgan fingerprint density at radius 1 is 0.773 bits per heavy atom. The van der Waals surface area contributed by atoms with Crippen LogP contribution in [0.25, 0.3) is 11.3 Å². The van der Waals surface area contributed by atoms with Crippen molar-refractivity contribution in [2.24, 2.45) is 0 Å². The van der Waals surface area contributed by atoms with E-state index in [1.165, 1.54) is 22.3 Å². The molecule has 0 spiro atoms. The molecular formula is C20H17NO. The molecule has 0 fully saturated rings. The Hall–Kier alpha value is -2.61. The van der Waals surface area contributed by atoms with Crippen molar-refractivity contribution in [2.75, 3.05) is 0 Å². The Balaban J connectivity index is 1.89. The van der Waals surface area contributed by atoms with Crippen LogP contribution in [-0.2, 0) is 19.3 Å². The van der Waals surface area contributed by atoms with Crippen LogP contribution in [0.15, 0.2) is 60.8 Å². The molecule has 0 amide bonds. The molecule has 1 N–H and O–H groups in total. The molecule has 0 bridgehead atoms. The van der Waals surface area contributed by atoms with E-state index in [4.69, 9.17) is 0 Å². The number of nitrogens with zero attached hydrogens (tertiary/aromatic N) is 1. The van der Waals surface area contributed by atoms with Gasteiger partial charge < -0.3 is 5.11 Å². The minimum Gasteiger partial charge on any atom is -0.507 e. The number of phenols is 1. The topological polar surface area (TPSA) is 33.1 Å². The Morgan fingerprint density at radius 2 is 1.59 bits per heavy atom. The minimum absolute atomic E-state index is 0.323. The van der Waals surface area contributed by atoms with E-state index in [9.17, 15) is 5.11 Å². The number of fused-ring (bicyclic) bond motifs is 2. The third-order valence-corrected chi connectivity index (χ3v) is 4.45. The molecule has 1 aliphatic carbocycles. The second-order valence-corrected chi connectivity index (χ2v) is 5.76. The average molecular weight is 287 g/mol. The normalized spacial score (nSPS) is 13.1. The van der Waals surface area contributed by atoms with Gasteiger partial charge in [-0.15, -0.1) is 0 Å². The number of hydrogen-bond donors (Lipinski definition) is 1. The van der Waals surface area contributed by atoms with E-state index in [0.717, 1.165) is 30.5 Å². The average Bonchev–Trinajstić information content (AvgIpc) is 2.75. The van der Waals surface area contributed by atoms with E-state index in [-0.39, 0.29) is 0 Å². The summed E-state index contributed by atoms with van der Waals surface area (Å²) >= 11 is 0. The first-order valence-corrected chi connectivity index (χ1v) is 7.65. The fourth-order valence-corrected chi connectivity index (χ4v) is 3.36. The quantitative estimate of drug-likeness (QED) is 0.729. The number of benzene rings is 2. The summed E-state index contributed by atoms with van der Waals surface area (Å²) in [6.45, 7) is 0. The fourth-order valence-electron chi connectivity index (χ4n) is 3.36. The Kier molecular flexibility index (Phi) is 3.15. The van der Waals surface area contributed by atoms with Crippen molar-refractivity contribution < 1.29 is 5.11 Å². The van der Waals surface area contributed by atoms with Gasteiger partial charge in [-0.3, -0.25) is 4.98 Å². The molecular weight excluding hydrogens is 270 g/mol. The summed E-state index contributed by atoms with van der Waals surface area (Å²) < 4.78 is 0. The van der Waals surface area contributed by atoms with E-state index in [1.54, 1.807) is 12.3 Å². The molecule has 0 atom stereocenters. The number of rotatable bonds is 1. The summed E-state index contributed by atoms with van der Waals surface area (Å²) in [4.78, 5) is 4.44. The lowest BCUT2D eigenvalue weighted by Gasteiger charge is -2.14. The first kappa shape index (κ1) is 13.1. The molecule has 0 radical (unpaired) electrons. The lowest BCUT2D eigenvalue weighted by atomic mass is 9.93. The van der Waals surface area contributed by atoms with E-state index in [1.807, 2.05) is 18.2 Å². The number of pyridine rings is 1. The summed E-state index contributed by atoms with van der Waals surface area (Å²) in [6.07, 6.45) is 4.64. The van der Waals surface area contributed by atoms with Gasteiger partial charge in [0.1, 0.15) is 5.75 Å². The predicted molar refractivity (Wildman–Crippen MR) is 88.0 cm³/mol. The SMILES string of the molecule is Oc1ccc2c(c1-c1ccccn1)CCc1ccccc1C2. The van der Waals surface area contributed by atoms with Crippen LogP contribution in [0.4, 0.5) is 0 Å². The molecule has 2 heteroatoms. The van der Waals surface area contributed by atoms with E-state index < -0.39 is 0 Å². The maximum absolute atomic E-state index is 10.4. The van der Waals surface area contributed by atoms with Gasteiger partial charge in [-0.25, -0.2) is 0 Å². The van der Waals surface area contributed by atoms with Gasteiger partial charge in [-0.2, -0.15) is 0 Å². The van der Waals surface area contributed by atoms with Gasteiger partial charge in [0, 0.05) is 11.8 Å². The van der Waals surface area contributed by atoms with E-state index in [0.29, 0.717) is 5.75 Å².